The first-order valence-corrected chi connectivity index (χ1v) is 9.77. The average molecular weight is 412 g/mol. The highest BCUT2D eigenvalue weighted by atomic mass is 35.5. The average Bonchev–Trinajstić information content (AvgIpc) is 2.88. The second kappa shape index (κ2) is 8.41. The molecule has 0 saturated carbocycles. The van der Waals surface area contributed by atoms with Crippen LogP contribution in [0.25, 0.3) is 11.1 Å². The standard InChI is InChI=1S/C23H22ClNO4/c1-27-20-7-3-5-17(23(20)28-2)22-18-13-14(24)8-9-15(18)16-6-4-11-25-21(16)19(29-22)10-12-26/h3-9,11,13,19,22,26H,10,12H2,1-2H3/t19-,22-/m0/s1. The van der Waals surface area contributed by atoms with Crippen molar-refractivity contribution in [2.24, 2.45) is 0 Å². The van der Waals surface area contributed by atoms with Crippen LogP contribution in [-0.4, -0.2) is 30.9 Å². The smallest absolute Gasteiger partial charge is 0.166 e. The first kappa shape index (κ1) is 19.7. The number of aromatic nitrogens is 1. The fourth-order valence-electron chi connectivity index (χ4n) is 3.88. The van der Waals surface area contributed by atoms with Gasteiger partial charge in [-0.15, -0.1) is 0 Å². The largest absolute Gasteiger partial charge is 0.493 e. The second-order valence-electron chi connectivity index (χ2n) is 6.77. The van der Waals surface area contributed by atoms with Crippen LogP contribution in [0.4, 0.5) is 0 Å². The minimum Gasteiger partial charge on any atom is -0.493 e. The number of pyridine rings is 1. The number of fused-ring (bicyclic) bond motifs is 3. The maximum Gasteiger partial charge on any atom is 0.166 e. The van der Waals surface area contributed by atoms with Crippen molar-refractivity contribution in [2.75, 3.05) is 20.8 Å². The topological polar surface area (TPSA) is 60.8 Å². The van der Waals surface area contributed by atoms with Gasteiger partial charge in [-0.1, -0.05) is 35.9 Å². The first-order chi connectivity index (χ1) is 14.2. The lowest BCUT2D eigenvalue weighted by molar-refractivity contribution is -0.00759. The van der Waals surface area contributed by atoms with Gasteiger partial charge in [0.2, 0.25) is 0 Å². The van der Waals surface area contributed by atoms with Gasteiger partial charge in [0.25, 0.3) is 0 Å². The molecule has 1 N–H and O–H groups in total. The molecule has 0 fully saturated rings. The summed E-state index contributed by atoms with van der Waals surface area (Å²) < 4.78 is 17.7. The third-order valence-corrected chi connectivity index (χ3v) is 5.37. The van der Waals surface area contributed by atoms with Gasteiger partial charge >= 0.3 is 0 Å². The molecule has 0 aliphatic carbocycles. The number of benzene rings is 2. The molecule has 150 valence electrons. The minimum absolute atomic E-state index is 0.0141. The van der Waals surface area contributed by atoms with Crippen LogP contribution in [0.3, 0.4) is 0 Å². The fourth-order valence-corrected chi connectivity index (χ4v) is 4.06. The van der Waals surface area contributed by atoms with Crippen molar-refractivity contribution in [3.8, 4) is 22.6 Å². The maximum absolute atomic E-state index is 9.66. The van der Waals surface area contributed by atoms with Crippen LogP contribution in [0, 0.1) is 0 Å². The van der Waals surface area contributed by atoms with Crippen molar-refractivity contribution in [3.63, 3.8) is 0 Å². The van der Waals surface area contributed by atoms with Crippen molar-refractivity contribution < 1.29 is 19.3 Å². The van der Waals surface area contributed by atoms with Crippen molar-refractivity contribution in [2.45, 2.75) is 18.6 Å². The fraction of sp³-hybridized carbons (Fsp3) is 0.261. The number of hydrogen-bond donors (Lipinski definition) is 1. The van der Waals surface area contributed by atoms with Crippen molar-refractivity contribution in [3.05, 3.63) is 76.6 Å². The molecule has 4 rings (SSSR count). The van der Waals surface area contributed by atoms with Gasteiger partial charge in [-0.25, -0.2) is 0 Å². The van der Waals surface area contributed by atoms with Crippen LogP contribution in [0.2, 0.25) is 5.02 Å². The third-order valence-electron chi connectivity index (χ3n) is 5.14. The zero-order chi connectivity index (χ0) is 20.4. The molecule has 0 spiro atoms. The molecule has 0 saturated heterocycles. The van der Waals surface area contributed by atoms with E-state index < -0.39 is 6.10 Å². The molecule has 0 unspecified atom stereocenters. The van der Waals surface area contributed by atoms with Gasteiger partial charge in [0.1, 0.15) is 12.2 Å². The molecule has 2 heterocycles. The highest BCUT2D eigenvalue weighted by molar-refractivity contribution is 6.30. The van der Waals surface area contributed by atoms with Crippen LogP contribution in [0.5, 0.6) is 11.5 Å². The van der Waals surface area contributed by atoms with Crippen LogP contribution in [-0.2, 0) is 4.74 Å². The lowest BCUT2D eigenvalue weighted by atomic mass is 9.92. The van der Waals surface area contributed by atoms with Gasteiger partial charge in [-0.05, 0) is 35.4 Å². The summed E-state index contributed by atoms with van der Waals surface area (Å²) in [7, 11) is 3.22. The molecule has 5 nitrogen and oxygen atoms in total. The summed E-state index contributed by atoms with van der Waals surface area (Å²) in [6.07, 6.45) is 1.31. The summed E-state index contributed by atoms with van der Waals surface area (Å²) in [6.45, 7) is -0.0141. The molecule has 0 amide bonds. The Kier molecular flexibility index (Phi) is 5.72. The molecular weight excluding hydrogens is 390 g/mol. The molecule has 1 aliphatic rings. The van der Waals surface area contributed by atoms with Crippen molar-refractivity contribution >= 4 is 11.6 Å². The van der Waals surface area contributed by atoms with Crippen LogP contribution in [0.1, 0.15) is 35.4 Å². The molecule has 29 heavy (non-hydrogen) atoms. The van der Waals surface area contributed by atoms with E-state index in [4.69, 9.17) is 25.8 Å². The zero-order valence-electron chi connectivity index (χ0n) is 16.3. The number of para-hydroxylation sites is 1. The van der Waals surface area contributed by atoms with E-state index in [0.29, 0.717) is 22.9 Å². The van der Waals surface area contributed by atoms with Crippen molar-refractivity contribution in [1.82, 2.24) is 4.98 Å². The molecule has 0 bridgehead atoms. The molecule has 1 aromatic heterocycles. The summed E-state index contributed by atoms with van der Waals surface area (Å²) in [5.74, 6) is 1.23. The number of aliphatic hydroxyl groups excluding tert-OH is 1. The molecule has 6 heteroatoms. The van der Waals surface area contributed by atoms with Gasteiger partial charge < -0.3 is 19.3 Å². The lowest BCUT2D eigenvalue weighted by Crippen LogP contribution is -2.13. The van der Waals surface area contributed by atoms with Gasteiger partial charge in [0.05, 0.1) is 19.9 Å². The summed E-state index contributed by atoms with van der Waals surface area (Å²) in [5, 5.41) is 10.3. The molecule has 2 aromatic carbocycles. The Balaban J connectivity index is 1.98. The number of rotatable bonds is 5. The Bertz CT molecular complexity index is 1020. The van der Waals surface area contributed by atoms with E-state index in [0.717, 1.165) is 27.9 Å². The molecule has 3 aromatic rings. The molecule has 1 aliphatic heterocycles. The van der Waals surface area contributed by atoms with Crippen LogP contribution < -0.4 is 9.47 Å². The number of methoxy groups -OCH3 is 2. The Hall–Kier alpha value is -2.60. The van der Waals surface area contributed by atoms with E-state index in [1.807, 2.05) is 48.5 Å². The Morgan fingerprint density at radius 1 is 1.03 bits per heavy atom. The summed E-state index contributed by atoms with van der Waals surface area (Å²) >= 11 is 6.37. The highest BCUT2D eigenvalue weighted by Gasteiger charge is 2.33. The van der Waals surface area contributed by atoms with Crippen LogP contribution >= 0.6 is 11.6 Å². The van der Waals surface area contributed by atoms with Gasteiger partial charge in [0, 0.05) is 35.4 Å². The van der Waals surface area contributed by atoms with Gasteiger partial charge in [-0.3, -0.25) is 4.98 Å². The zero-order valence-corrected chi connectivity index (χ0v) is 17.0. The predicted molar refractivity (Wildman–Crippen MR) is 112 cm³/mol. The number of halogens is 1. The van der Waals surface area contributed by atoms with E-state index in [1.165, 1.54) is 0 Å². The monoisotopic (exact) mass is 411 g/mol. The Morgan fingerprint density at radius 2 is 1.90 bits per heavy atom. The maximum atomic E-state index is 9.66. The lowest BCUT2D eigenvalue weighted by Gasteiger charge is -2.25. The summed E-state index contributed by atoms with van der Waals surface area (Å²) in [6, 6.07) is 15.4. The van der Waals surface area contributed by atoms with E-state index in [1.54, 1.807) is 20.4 Å². The third kappa shape index (κ3) is 3.57. The van der Waals surface area contributed by atoms with Crippen LogP contribution in [0.15, 0.2) is 54.7 Å². The van der Waals surface area contributed by atoms with E-state index >= 15 is 0 Å². The first-order valence-electron chi connectivity index (χ1n) is 9.39. The van der Waals surface area contributed by atoms with Crippen molar-refractivity contribution in [1.29, 1.82) is 0 Å². The molecular formula is C23H22ClNO4. The predicted octanol–water partition coefficient (Wildman–Crippen LogP) is 4.96. The Morgan fingerprint density at radius 3 is 2.66 bits per heavy atom. The number of hydrogen-bond acceptors (Lipinski definition) is 5. The number of ether oxygens (including phenoxy) is 3. The number of nitrogens with zero attached hydrogens (tertiary/aromatic N) is 1. The normalized spacial score (nSPS) is 17.8. The Labute approximate surface area is 174 Å². The SMILES string of the molecule is COc1cccc([C@@H]2O[C@@H](CCO)c3ncccc3-c3ccc(Cl)cc32)c1OC. The van der Waals surface area contributed by atoms with E-state index in [2.05, 4.69) is 4.98 Å². The van der Waals surface area contributed by atoms with Gasteiger partial charge in [0.15, 0.2) is 11.5 Å². The number of aliphatic hydroxyl groups is 1. The summed E-state index contributed by atoms with van der Waals surface area (Å²) in [4.78, 5) is 4.58. The van der Waals surface area contributed by atoms with Gasteiger partial charge in [-0.2, -0.15) is 0 Å². The minimum atomic E-state index is -0.473. The van der Waals surface area contributed by atoms with E-state index in [-0.39, 0.29) is 12.7 Å². The molecule has 2 atom stereocenters. The second-order valence-corrected chi connectivity index (χ2v) is 7.20. The van der Waals surface area contributed by atoms with E-state index in [9.17, 15) is 5.11 Å². The summed E-state index contributed by atoms with van der Waals surface area (Å²) in [5.41, 5.74) is 4.51. The quantitative estimate of drug-likeness (QED) is 0.642. The highest BCUT2D eigenvalue weighted by Crippen LogP contribution is 2.48. The molecule has 0 radical (unpaired) electrons.